The van der Waals surface area contributed by atoms with Crippen LogP contribution in [0, 0.1) is 0 Å². The summed E-state index contributed by atoms with van der Waals surface area (Å²) in [6.07, 6.45) is 1.38. The lowest BCUT2D eigenvalue weighted by Crippen LogP contribution is -2.40. The van der Waals surface area contributed by atoms with E-state index in [0.29, 0.717) is 18.7 Å². The molecule has 8 heteroatoms. The molecule has 29 heavy (non-hydrogen) atoms. The third-order valence-corrected chi connectivity index (χ3v) is 7.82. The zero-order valence-electron chi connectivity index (χ0n) is 16.1. The Balaban J connectivity index is 1.61. The molecule has 4 rings (SSSR count). The summed E-state index contributed by atoms with van der Waals surface area (Å²) >= 11 is 1.50. The maximum Gasteiger partial charge on any atom is 0.276 e. The van der Waals surface area contributed by atoms with Gasteiger partial charge < -0.3 is 9.42 Å². The second-order valence-corrected chi connectivity index (χ2v) is 10.4. The van der Waals surface area contributed by atoms with E-state index in [-0.39, 0.29) is 29.1 Å². The van der Waals surface area contributed by atoms with Crippen molar-refractivity contribution in [2.24, 2.45) is 0 Å². The highest BCUT2D eigenvalue weighted by Gasteiger charge is 2.36. The molecule has 152 valence electrons. The van der Waals surface area contributed by atoms with Crippen molar-refractivity contribution in [1.82, 2.24) is 10.1 Å². The van der Waals surface area contributed by atoms with Gasteiger partial charge in [-0.05, 0) is 35.4 Å². The van der Waals surface area contributed by atoms with Gasteiger partial charge in [0.1, 0.15) is 0 Å². The molecule has 6 nitrogen and oxygen atoms in total. The summed E-state index contributed by atoms with van der Waals surface area (Å²) < 4.78 is 29.4. The number of carbonyl (C=O) groups is 1. The first-order valence-corrected chi connectivity index (χ1v) is 12.2. The molecule has 0 unspecified atom stereocenters. The number of rotatable bonds is 6. The third kappa shape index (κ3) is 4.43. The molecule has 0 bridgehead atoms. The van der Waals surface area contributed by atoms with Crippen LogP contribution in [-0.4, -0.2) is 41.9 Å². The monoisotopic (exact) mass is 430 g/mol. The number of amides is 1. The van der Waals surface area contributed by atoms with Crippen LogP contribution in [0.15, 0.2) is 52.4 Å². The molecule has 1 aliphatic rings. The van der Waals surface area contributed by atoms with E-state index in [1.54, 1.807) is 11.0 Å². The van der Waals surface area contributed by atoms with E-state index in [1.165, 1.54) is 16.9 Å². The number of nitrogens with zero attached hydrogens (tertiary/aromatic N) is 2. The van der Waals surface area contributed by atoms with Crippen molar-refractivity contribution in [2.75, 3.05) is 11.5 Å². The van der Waals surface area contributed by atoms with Crippen LogP contribution in [0.3, 0.4) is 0 Å². The van der Waals surface area contributed by atoms with Gasteiger partial charge in [-0.1, -0.05) is 42.4 Å². The lowest BCUT2D eigenvalue weighted by molar-refractivity contribution is 0.0670. The lowest BCUT2D eigenvalue weighted by atomic mass is 10.1. The minimum absolute atomic E-state index is 0.0125. The zero-order valence-corrected chi connectivity index (χ0v) is 17.7. The smallest absolute Gasteiger partial charge is 0.276 e. The zero-order chi connectivity index (χ0) is 20.4. The van der Waals surface area contributed by atoms with Gasteiger partial charge in [0.25, 0.3) is 5.91 Å². The van der Waals surface area contributed by atoms with Gasteiger partial charge in [-0.2, -0.15) is 0 Å². The number of benzene rings is 1. The van der Waals surface area contributed by atoms with E-state index >= 15 is 0 Å². The Morgan fingerprint density at radius 3 is 2.62 bits per heavy atom. The maximum absolute atomic E-state index is 13.3. The summed E-state index contributed by atoms with van der Waals surface area (Å²) in [4.78, 5) is 15.8. The Labute approximate surface area is 174 Å². The molecule has 1 atom stereocenters. The molecule has 1 aliphatic heterocycles. The second-order valence-electron chi connectivity index (χ2n) is 7.21. The average molecular weight is 431 g/mol. The molecule has 0 N–H and O–H groups in total. The van der Waals surface area contributed by atoms with Crippen LogP contribution < -0.4 is 0 Å². The highest BCUT2D eigenvalue weighted by molar-refractivity contribution is 7.91. The molecule has 3 heterocycles. The summed E-state index contributed by atoms with van der Waals surface area (Å²) in [5.41, 5.74) is 2.37. The topological polar surface area (TPSA) is 80.5 Å². The Morgan fingerprint density at radius 2 is 2.00 bits per heavy atom. The molecule has 1 aromatic carbocycles. The number of hydrogen-bond donors (Lipinski definition) is 0. The van der Waals surface area contributed by atoms with E-state index in [9.17, 15) is 13.2 Å². The van der Waals surface area contributed by atoms with Crippen LogP contribution in [0.1, 0.15) is 35.0 Å². The van der Waals surface area contributed by atoms with Gasteiger partial charge in [-0.15, -0.1) is 11.3 Å². The van der Waals surface area contributed by atoms with E-state index in [1.807, 2.05) is 41.8 Å². The van der Waals surface area contributed by atoms with Crippen LogP contribution in [0.5, 0.6) is 0 Å². The SMILES string of the molecule is CCc1ccc(CN(C(=O)c2cc(-c3cccs3)on2)[C@H]2CCS(=O)(=O)C2)cc1. The predicted octanol–water partition coefficient (Wildman–Crippen LogP) is 3.80. The molecule has 1 fully saturated rings. The summed E-state index contributed by atoms with van der Waals surface area (Å²) in [6, 6.07) is 13.1. The summed E-state index contributed by atoms with van der Waals surface area (Å²) in [5, 5.41) is 5.89. The second kappa shape index (κ2) is 8.12. The number of carbonyl (C=O) groups excluding carboxylic acids is 1. The van der Waals surface area contributed by atoms with Gasteiger partial charge in [0.2, 0.25) is 0 Å². The molecular weight excluding hydrogens is 408 g/mol. The Kier molecular flexibility index (Phi) is 5.56. The molecule has 1 saturated heterocycles. The fourth-order valence-corrected chi connectivity index (χ4v) is 5.93. The predicted molar refractivity (Wildman–Crippen MR) is 113 cm³/mol. The minimum Gasteiger partial charge on any atom is -0.355 e. The first-order chi connectivity index (χ1) is 13.9. The normalized spacial score (nSPS) is 18.0. The largest absolute Gasteiger partial charge is 0.355 e. The van der Waals surface area contributed by atoms with Gasteiger partial charge in [0, 0.05) is 18.7 Å². The van der Waals surface area contributed by atoms with Crippen LogP contribution in [-0.2, 0) is 22.8 Å². The van der Waals surface area contributed by atoms with E-state index in [0.717, 1.165) is 16.9 Å². The van der Waals surface area contributed by atoms with Crippen molar-refractivity contribution >= 4 is 27.1 Å². The fraction of sp³-hybridized carbons (Fsp3) is 0.333. The van der Waals surface area contributed by atoms with Gasteiger partial charge in [0.05, 0.1) is 16.4 Å². The van der Waals surface area contributed by atoms with E-state index in [4.69, 9.17) is 4.52 Å². The molecule has 0 radical (unpaired) electrons. The highest BCUT2D eigenvalue weighted by Crippen LogP contribution is 2.27. The molecule has 0 aliphatic carbocycles. The van der Waals surface area contributed by atoms with Crippen molar-refractivity contribution in [3.8, 4) is 10.6 Å². The molecule has 2 aromatic heterocycles. The fourth-order valence-electron chi connectivity index (χ4n) is 3.52. The van der Waals surface area contributed by atoms with Crippen LogP contribution >= 0.6 is 11.3 Å². The Bertz CT molecular complexity index is 1090. The minimum atomic E-state index is -3.13. The van der Waals surface area contributed by atoms with Crippen LogP contribution in [0.4, 0.5) is 0 Å². The van der Waals surface area contributed by atoms with Gasteiger partial charge in [-0.3, -0.25) is 4.79 Å². The van der Waals surface area contributed by atoms with Gasteiger partial charge in [-0.25, -0.2) is 8.42 Å². The first kappa shape index (κ1) is 19.8. The maximum atomic E-state index is 13.3. The first-order valence-electron chi connectivity index (χ1n) is 9.55. The number of aromatic nitrogens is 1. The number of hydrogen-bond acceptors (Lipinski definition) is 6. The Hall–Kier alpha value is -2.45. The summed E-state index contributed by atoms with van der Waals surface area (Å²) in [7, 11) is -3.13. The van der Waals surface area contributed by atoms with Crippen molar-refractivity contribution in [1.29, 1.82) is 0 Å². The molecule has 1 amide bonds. The van der Waals surface area contributed by atoms with Crippen LogP contribution in [0.2, 0.25) is 0 Å². The summed E-state index contributed by atoms with van der Waals surface area (Å²) in [5.74, 6) is 0.324. The summed E-state index contributed by atoms with van der Waals surface area (Å²) in [6.45, 7) is 2.42. The third-order valence-electron chi connectivity index (χ3n) is 5.19. The lowest BCUT2D eigenvalue weighted by Gasteiger charge is -2.27. The van der Waals surface area contributed by atoms with Crippen molar-refractivity contribution in [2.45, 2.75) is 32.4 Å². The average Bonchev–Trinajstić information content (AvgIpc) is 3.46. The van der Waals surface area contributed by atoms with E-state index < -0.39 is 9.84 Å². The molecule has 0 saturated carbocycles. The Morgan fingerprint density at radius 1 is 1.24 bits per heavy atom. The van der Waals surface area contributed by atoms with Crippen molar-refractivity contribution in [3.05, 3.63) is 64.7 Å². The van der Waals surface area contributed by atoms with E-state index in [2.05, 4.69) is 12.1 Å². The number of sulfone groups is 1. The molecular formula is C21H22N2O4S2. The van der Waals surface area contributed by atoms with Crippen molar-refractivity contribution in [3.63, 3.8) is 0 Å². The van der Waals surface area contributed by atoms with Crippen molar-refractivity contribution < 1.29 is 17.7 Å². The standard InChI is InChI=1S/C21H22N2O4S2/c1-2-15-5-7-16(8-6-15)13-23(17-9-11-29(25,26)14-17)21(24)18-12-19(27-22-18)20-4-3-10-28-20/h3-8,10,12,17H,2,9,11,13-14H2,1H3/t17-/m0/s1. The van der Waals surface area contributed by atoms with Gasteiger partial charge in [0.15, 0.2) is 21.3 Å². The van der Waals surface area contributed by atoms with Gasteiger partial charge >= 0.3 is 0 Å². The number of thiophene rings is 1. The quantitative estimate of drug-likeness (QED) is 0.594. The number of aryl methyl sites for hydroxylation is 1. The molecule has 3 aromatic rings. The van der Waals surface area contributed by atoms with Crippen LogP contribution in [0.25, 0.3) is 10.6 Å². The highest BCUT2D eigenvalue weighted by atomic mass is 32.2. The molecule has 0 spiro atoms.